The number of halogens is 3. The molecule has 0 saturated carbocycles. The highest BCUT2D eigenvalue weighted by Crippen LogP contribution is 2.23. The second-order valence-corrected chi connectivity index (χ2v) is 6.32. The summed E-state index contributed by atoms with van der Waals surface area (Å²) in [6.45, 7) is 0.0201. The van der Waals surface area contributed by atoms with Crippen molar-refractivity contribution in [3.05, 3.63) is 64.7 Å². The van der Waals surface area contributed by atoms with E-state index in [1.807, 2.05) is 0 Å². The number of nitrogens with zero attached hydrogens (tertiary/aromatic N) is 1. The second kappa shape index (κ2) is 7.70. The van der Waals surface area contributed by atoms with E-state index in [4.69, 9.17) is 16.3 Å². The molecule has 0 aliphatic carbocycles. The number of ether oxygens (including phenoxy) is 1. The maximum Gasteiger partial charge on any atom is 0.407 e. The fourth-order valence-corrected chi connectivity index (χ4v) is 2.85. The summed E-state index contributed by atoms with van der Waals surface area (Å²) in [4.78, 5) is 25.5. The number of nitrogens with one attached hydrogen (secondary N) is 1. The minimum atomic E-state index is -0.759. The zero-order valence-electron chi connectivity index (χ0n) is 13.5. The van der Waals surface area contributed by atoms with Crippen molar-refractivity contribution in [1.82, 2.24) is 5.32 Å². The number of rotatable bonds is 4. The molecule has 1 heterocycles. The third kappa shape index (κ3) is 4.49. The van der Waals surface area contributed by atoms with E-state index in [1.54, 1.807) is 29.2 Å². The predicted octanol–water partition coefficient (Wildman–Crippen LogP) is 3.65. The number of alkyl carbamates (subject to hydrolysis) is 1. The molecule has 0 radical (unpaired) electrons. The highest BCUT2D eigenvalue weighted by atomic mass is 35.5. The van der Waals surface area contributed by atoms with Crippen LogP contribution in [0.5, 0.6) is 0 Å². The fourth-order valence-electron chi connectivity index (χ4n) is 2.73. The normalized spacial score (nSPS) is 16.7. The topological polar surface area (TPSA) is 58.6 Å². The molecule has 2 amide bonds. The highest BCUT2D eigenvalue weighted by Gasteiger charge is 2.31. The van der Waals surface area contributed by atoms with Gasteiger partial charge in [0.15, 0.2) is 0 Å². The summed E-state index contributed by atoms with van der Waals surface area (Å²) in [5, 5.41) is 3.15. The van der Waals surface area contributed by atoms with E-state index >= 15 is 0 Å². The van der Waals surface area contributed by atoms with Crippen LogP contribution in [-0.2, 0) is 16.1 Å². The average molecular weight is 381 g/mol. The molecule has 3 rings (SSSR count). The van der Waals surface area contributed by atoms with Crippen molar-refractivity contribution in [2.24, 2.45) is 0 Å². The Hall–Kier alpha value is -2.67. The van der Waals surface area contributed by atoms with E-state index in [2.05, 4.69) is 5.32 Å². The lowest BCUT2D eigenvalue weighted by Crippen LogP contribution is -2.37. The van der Waals surface area contributed by atoms with Crippen LogP contribution in [0.3, 0.4) is 0 Å². The zero-order chi connectivity index (χ0) is 18.7. The molecule has 0 spiro atoms. The lowest BCUT2D eigenvalue weighted by molar-refractivity contribution is -0.117. The summed E-state index contributed by atoms with van der Waals surface area (Å²) >= 11 is 5.83. The first-order valence-corrected chi connectivity index (χ1v) is 8.23. The lowest BCUT2D eigenvalue weighted by Gasteiger charge is -2.17. The molecule has 1 atom stereocenters. The van der Waals surface area contributed by atoms with Gasteiger partial charge in [-0.25, -0.2) is 13.6 Å². The Morgan fingerprint density at radius 1 is 1.19 bits per heavy atom. The minimum Gasteiger partial charge on any atom is -0.445 e. The smallest absolute Gasteiger partial charge is 0.407 e. The van der Waals surface area contributed by atoms with Crippen LogP contribution in [0.2, 0.25) is 5.02 Å². The van der Waals surface area contributed by atoms with Gasteiger partial charge in [0.25, 0.3) is 0 Å². The number of hydrogen-bond acceptors (Lipinski definition) is 3. The van der Waals surface area contributed by atoms with Crippen LogP contribution in [0.15, 0.2) is 42.5 Å². The minimum absolute atomic E-state index is 0.131. The number of carbonyl (C=O) groups is 2. The molecule has 1 N–H and O–H groups in total. The van der Waals surface area contributed by atoms with Gasteiger partial charge in [0.2, 0.25) is 5.91 Å². The van der Waals surface area contributed by atoms with E-state index in [1.165, 1.54) is 0 Å². The first-order valence-electron chi connectivity index (χ1n) is 7.85. The Morgan fingerprint density at radius 2 is 1.85 bits per heavy atom. The van der Waals surface area contributed by atoms with Crippen LogP contribution in [0, 0.1) is 11.6 Å². The molecule has 1 aliphatic rings. The molecule has 1 saturated heterocycles. The maximum atomic E-state index is 13.1. The second-order valence-electron chi connectivity index (χ2n) is 5.88. The summed E-state index contributed by atoms with van der Waals surface area (Å²) in [7, 11) is 0. The Bertz CT molecular complexity index is 809. The third-order valence-electron chi connectivity index (χ3n) is 3.88. The molecular weight excluding hydrogens is 366 g/mol. The molecule has 26 heavy (non-hydrogen) atoms. The van der Waals surface area contributed by atoms with Crippen molar-refractivity contribution in [2.45, 2.75) is 19.1 Å². The number of amides is 2. The van der Waals surface area contributed by atoms with Gasteiger partial charge < -0.3 is 15.0 Å². The van der Waals surface area contributed by atoms with Crippen molar-refractivity contribution in [3.8, 4) is 0 Å². The van der Waals surface area contributed by atoms with Gasteiger partial charge in [-0.15, -0.1) is 0 Å². The van der Waals surface area contributed by atoms with Gasteiger partial charge in [-0.2, -0.15) is 0 Å². The molecule has 136 valence electrons. The van der Waals surface area contributed by atoms with E-state index in [-0.39, 0.29) is 24.5 Å². The molecule has 0 bridgehead atoms. The van der Waals surface area contributed by atoms with Gasteiger partial charge in [-0.1, -0.05) is 11.6 Å². The van der Waals surface area contributed by atoms with Crippen LogP contribution in [-0.4, -0.2) is 24.6 Å². The molecule has 1 fully saturated rings. The fraction of sp³-hybridized carbons (Fsp3) is 0.222. The SMILES string of the molecule is O=C(NC1CC(=O)N(c2ccc(Cl)cc2)C1)OCc1cc(F)cc(F)c1. The van der Waals surface area contributed by atoms with Crippen LogP contribution < -0.4 is 10.2 Å². The summed E-state index contributed by atoms with van der Waals surface area (Å²) < 4.78 is 31.2. The third-order valence-corrected chi connectivity index (χ3v) is 4.13. The van der Waals surface area contributed by atoms with E-state index in [0.29, 0.717) is 17.3 Å². The molecule has 1 unspecified atom stereocenters. The highest BCUT2D eigenvalue weighted by molar-refractivity contribution is 6.30. The molecular formula is C18H15ClF2N2O3. The summed E-state index contributed by atoms with van der Waals surface area (Å²) in [5.74, 6) is -1.63. The predicted molar refractivity (Wildman–Crippen MR) is 91.9 cm³/mol. The van der Waals surface area contributed by atoms with Crippen molar-refractivity contribution in [3.63, 3.8) is 0 Å². The molecule has 2 aromatic rings. The van der Waals surface area contributed by atoms with Gasteiger partial charge >= 0.3 is 6.09 Å². The van der Waals surface area contributed by atoms with Gasteiger partial charge in [-0.05, 0) is 42.0 Å². The number of carbonyl (C=O) groups excluding carboxylic acids is 2. The van der Waals surface area contributed by atoms with Crippen molar-refractivity contribution in [2.75, 3.05) is 11.4 Å². The van der Waals surface area contributed by atoms with Crippen LogP contribution in [0.1, 0.15) is 12.0 Å². The maximum absolute atomic E-state index is 13.1. The Labute approximate surface area is 153 Å². The molecule has 8 heteroatoms. The van der Waals surface area contributed by atoms with E-state index in [9.17, 15) is 18.4 Å². The molecule has 0 aromatic heterocycles. The summed E-state index contributed by atoms with van der Waals surface area (Å²) in [6, 6.07) is 9.28. The van der Waals surface area contributed by atoms with Crippen molar-refractivity contribution in [1.29, 1.82) is 0 Å². The lowest BCUT2D eigenvalue weighted by atomic mass is 10.2. The van der Waals surface area contributed by atoms with Crippen LogP contribution in [0.4, 0.5) is 19.3 Å². The van der Waals surface area contributed by atoms with Crippen molar-refractivity contribution >= 4 is 29.3 Å². The average Bonchev–Trinajstić information content (AvgIpc) is 2.93. The monoisotopic (exact) mass is 380 g/mol. The van der Waals surface area contributed by atoms with Gasteiger partial charge in [0, 0.05) is 29.7 Å². The molecule has 2 aromatic carbocycles. The number of benzene rings is 2. The number of anilines is 1. The molecule has 5 nitrogen and oxygen atoms in total. The van der Waals surface area contributed by atoms with Crippen LogP contribution >= 0.6 is 11.6 Å². The first-order chi connectivity index (χ1) is 12.4. The quantitative estimate of drug-likeness (QED) is 0.880. The zero-order valence-corrected chi connectivity index (χ0v) is 14.3. The Balaban J connectivity index is 1.53. The Morgan fingerprint density at radius 3 is 2.50 bits per heavy atom. The summed E-state index contributed by atoms with van der Waals surface area (Å²) in [5.41, 5.74) is 0.884. The van der Waals surface area contributed by atoms with Crippen LogP contribution in [0.25, 0.3) is 0 Å². The van der Waals surface area contributed by atoms with E-state index in [0.717, 1.165) is 18.2 Å². The standard InChI is InChI=1S/C18H15ClF2N2O3/c19-12-1-3-16(4-2-12)23-9-15(8-17(23)24)22-18(25)26-10-11-5-13(20)7-14(21)6-11/h1-7,15H,8-10H2,(H,22,25). The first kappa shape index (κ1) is 18.1. The Kier molecular flexibility index (Phi) is 5.37. The number of hydrogen-bond donors (Lipinski definition) is 1. The summed E-state index contributed by atoms with van der Waals surface area (Å²) in [6.07, 6.45) is -0.628. The van der Waals surface area contributed by atoms with E-state index < -0.39 is 23.8 Å². The van der Waals surface area contributed by atoms with Gasteiger partial charge in [-0.3, -0.25) is 4.79 Å². The largest absolute Gasteiger partial charge is 0.445 e. The molecule has 1 aliphatic heterocycles. The van der Waals surface area contributed by atoms with Gasteiger partial charge in [0.05, 0.1) is 6.04 Å². The van der Waals surface area contributed by atoms with Gasteiger partial charge in [0.1, 0.15) is 18.2 Å². The van der Waals surface area contributed by atoms with Crippen molar-refractivity contribution < 1.29 is 23.1 Å².